The van der Waals surface area contributed by atoms with Crippen LogP contribution in [0.25, 0.3) is 11.2 Å². The largest absolute Gasteiger partial charge is 0.504 e. The number of carbonyl (C=O) groups excluding carboxylic acids is 1. The summed E-state index contributed by atoms with van der Waals surface area (Å²) in [7, 11) is 1.44. The molecule has 0 atom stereocenters. The first-order valence-electron chi connectivity index (χ1n) is 6.83. The Morgan fingerprint density at radius 2 is 2.29 bits per heavy atom. The number of nitrogens with two attached hydrogens (primary N) is 1. The van der Waals surface area contributed by atoms with Crippen molar-refractivity contribution >= 4 is 40.5 Å². The van der Waals surface area contributed by atoms with Crippen molar-refractivity contribution in [3.8, 4) is 11.5 Å². The van der Waals surface area contributed by atoms with Gasteiger partial charge in [0, 0.05) is 11.8 Å². The van der Waals surface area contributed by atoms with Crippen LogP contribution in [0.5, 0.6) is 11.5 Å². The summed E-state index contributed by atoms with van der Waals surface area (Å²) < 4.78 is 5.00. The van der Waals surface area contributed by atoms with Gasteiger partial charge in [-0.25, -0.2) is 9.97 Å². The van der Waals surface area contributed by atoms with E-state index in [0.717, 1.165) is 0 Å². The molecule has 0 unspecified atom stereocenters. The van der Waals surface area contributed by atoms with Gasteiger partial charge in [-0.2, -0.15) is 4.98 Å². The lowest BCUT2D eigenvalue weighted by Gasteiger charge is -2.08. The second kappa shape index (κ2) is 6.62. The second-order valence-electron chi connectivity index (χ2n) is 4.71. The third-order valence-electron chi connectivity index (χ3n) is 3.07. The molecule has 10 heteroatoms. The van der Waals surface area contributed by atoms with E-state index < -0.39 is 0 Å². The maximum Gasteiger partial charge on any atom is 0.234 e. The SMILES string of the molecule is COc1cc(NC(=O)CSc2nc(N)nc3nc[nH]c23)ccc1O. The number of phenolic OH excluding ortho intramolecular Hbond substituents is 1. The highest BCUT2D eigenvalue weighted by atomic mass is 32.2. The van der Waals surface area contributed by atoms with Crippen molar-refractivity contribution in [2.24, 2.45) is 0 Å². The van der Waals surface area contributed by atoms with Crippen molar-refractivity contribution < 1.29 is 14.6 Å². The first-order valence-corrected chi connectivity index (χ1v) is 7.81. The van der Waals surface area contributed by atoms with Crippen molar-refractivity contribution in [3.63, 3.8) is 0 Å². The minimum Gasteiger partial charge on any atom is -0.504 e. The highest BCUT2D eigenvalue weighted by Crippen LogP contribution is 2.29. The number of carbonyl (C=O) groups is 1. The Kier molecular flexibility index (Phi) is 4.38. The molecular weight excluding hydrogens is 332 g/mol. The number of amides is 1. The van der Waals surface area contributed by atoms with Crippen molar-refractivity contribution in [1.29, 1.82) is 0 Å². The van der Waals surface area contributed by atoms with Crippen LogP contribution in [0, 0.1) is 0 Å². The van der Waals surface area contributed by atoms with Gasteiger partial charge in [-0.1, -0.05) is 11.8 Å². The average molecular weight is 346 g/mol. The lowest BCUT2D eigenvalue weighted by molar-refractivity contribution is -0.113. The molecule has 0 aliphatic heterocycles. The number of fused-ring (bicyclic) bond motifs is 1. The van der Waals surface area contributed by atoms with Crippen LogP contribution in [-0.2, 0) is 4.79 Å². The molecule has 0 bridgehead atoms. The number of nitrogens with zero attached hydrogens (tertiary/aromatic N) is 3. The molecule has 1 aromatic carbocycles. The van der Waals surface area contributed by atoms with E-state index in [0.29, 0.717) is 21.9 Å². The molecule has 0 spiro atoms. The van der Waals surface area contributed by atoms with Gasteiger partial charge in [-0.15, -0.1) is 0 Å². The van der Waals surface area contributed by atoms with Gasteiger partial charge in [0.2, 0.25) is 11.9 Å². The van der Waals surface area contributed by atoms with Crippen LogP contribution < -0.4 is 15.8 Å². The molecule has 0 aliphatic rings. The Labute approximate surface area is 140 Å². The number of ether oxygens (including phenoxy) is 1. The Morgan fingerprint density at radius 3 is 3.08 bits per heavy atom. The smallest absolute Gasteiger partial charge is 0.234 e. The molecule has 0 aliphatic carbocycles. The second-order valence-corrected chi connectivity index (χ2v) is 5.68. The zero-order valence-corrected chi connectivity index (χ0v) is 13.4. The molecule has 3 aromatic rings. The van der Waals surface area contributed by atoms with Crippen molar-refractivity contribution in [3.05, 3.63) is 24.5 Å². The Morgan fingerprint density at radius 1 is 1.46 bits per heavy atom. The van der Waals surface area contributed by atoms with Gasteiger partial charge in [0.25, 0.3) is 0 Å². The number of thioether (sulfide) groups is 1. The van der Waals surface area contributed by atoms with Crippen LogP contribution >= 0.6 is 11.8 Å². The van der Waals surface area contributed by atoms with Gasteiger partial charge in [0.15, 0.2) is 17.1 Å². The topological polar surface area (TPSA) is 139 Å². The third-order valence-corrected chi connectivity index (χ3v) is 4.05. The Balaban J connectivity index is 1.68. The minimum atomic E-state index is -0.238. The van der Waals surface area contributed by atoms with E-state index in [1.807, 2.05) is 0 Å². The highest BCUT2D eigenvalue weighted by Gasteiger charge is 2.12. The quantitative estimate of drug-likeness (QED) is 0.309. The van der Waals surface area contributed by atoms with Crippen molar-refractivity contribution in [1.82, 2.24) is 19.9 Å². The number of aromatic nitrogens is 4. The fourth-order valence-electron chi connectivity index (χ4n) is 2.01. The number of aromatic amines is 1. The highest BCUT2D eigenvalue weighted by molar-refractivity contribution is 8.00. The van der Waals surface area contributed by atoms with Crippen LogP contribution in [0.3, 0.4) is 0 Å². The number of nitrogen functional groups attached to an aromatic ring is 1. The van der Waals surface area contributed by atoms with E-state index in [1.165, 1.54) is 37.3 Å². The number of anilines is 2. The van der Waals surface area contributed by atoms with Crippen molar-refractivity contribution in [2.45, 2.75) is 5.03 Å². The number of H-pyrrole nitrogens is 1. The number of nitrogens with one attached hydrogen (secondary N) is 2. The lowest BCUT2D eigenvalue weighted by atomic mass is 10.3. The Hall–Kier alpha value is -3.01. The summed E-state index contributed by atoms with van der Waals surface area (Å²) in [4.78, 5) is 27.1. The number of imidazole rings is 1. The summed E-state index contributed by atoms with van der Waals surface area (Å²) in [5, 5.41) is 12.8. The van der Waals surface area contributed by atoms with E-state index in [2.05, 4.69) is 25.3 Å². The summed E-state index contributed by atoms with van der Waals surface area (Å²) in [6.45, 7) is 0. The fourth-order valence-corrected chi connectivity index (χ4v) is 2.81. The number of rotatable bonds is 5. The van der Waals surface area contributed by atoms with Gasteiger partial charge in [0.05, 0.1) is 19.2 Å². The molecule has 5 N–H and O–H groups in total. The first kappa shape index (κ1) is 15.9. The van der Waals surface area contributed by atoms with Gasteiger partial charge >= 0.3 is 0 Å². The molecule has 0 saturated heterocycles. The number of aromatic hydroxyl groups is 1. The maximum atomic E-state index is 12.1. The number of benzene rings is 1. The average Bonchev–Trinajstić information content (AvgIpc) is 3.02. The summed E-state index contributed by atoms with van der Waals surface area (Å²) in [6, 6.07) is 4.56. The van der Waals surface area contributed by atoms with Gasteiger partial charge in [-0.3, -0.25) is 4.79 Å². The molecule has 2 heterocycles. The normalized spacial score (nSPS) is 10.7. The number of methoxy groups -OCH3 is 1. The molecule has 24 heavy (non-hydrogen) atoms. The van der Waals surface area contributed by atoms with Crippen LogP contribution in [0.1, 0.15) is 0 Å². The van der Waals surface area contributed by atoms with Crippen LogP contribution in [-0.4, -0.2) is 43.8 Å². The van der Waals surface area contributed by atoms with Crippen molar-refractivity contribution in [2.75, 3.05) is 23.9 Å². The summed E-state index contributed by atoms with van der Waals surface area (Å²) >= 11 is 1.21. The third kappa shape index (κ3) is 3.33. The standard InChI is InChI=1S/C14H14N6O3S/c1-23-9-4-7(2-3-8(9)21)18-10(22)5-24-13-11-12(17-6-16-11)19-14(15)20-13/h2-4,6,21H,5H2,1H3,(H,18,22)(H3,15,16,17,19,20). The molecule has 124 valence electrons. The molecule has 2 aromatic heterocycles. The van der Waals surface area contributed by atoms with Crippen LogP contribution in [0.2, 0.25) is 0 Å². The van der Waals surface area contributed by atoms with E-state index >= 15 is 0 Å². The van der Waals surface area contributed by atoms with Gasteiger partial charge in [-0.05, 0) is 12.1 Å². The molecule has 9 nitrogen and oxygen atoms in total. The zero-order chi connectivity index (χ0) is 17.1. The van der Waals surface area contributed by atoms with E-state index in [-0.39, 0.29) is 29.1 Å². The van der Waals surface area contributed by atoms with Crippen LogP contribution in [0.15, 0.2) is 29.6 Å². The van der Waals surface area contributed by atoms with E-state index in [1.54, 1.807) is 6.07 Å². The summed E-state index contributed by atoms with van der Waals surface area (Å²) in [5.74, 6) is 0.262. The molecule has 0 saturated carbocycles. The fraction of sp³-hybridized carbons (Fsp3) is 0.143. The maximum absolute atomic E-state index is 12.1. The number of phenols is 1. The lowest BCUT2D eigenvalue weighted by Crippen LogP contribution is -2.14. The number of hydrogen-bond acceptors (Lipinski definition) is 8. The zero-order valence-electron chi connectivity index (χ0n) is 12.6. The Bertz CT molecular complexity index is 897. The predicted octanol–water partition coefficient (Wildman–Crippen LogP) is 1.38. The monoisotopic (exact) mass is 346 g/mol. The molecule has 0 fully saturated rings. The molecule has 3 rings (SSSR count). The molecule has 1 amide bonds. The minimum absolute atomic E-state index is 0.00275. The van der Waals surface area contributed by atoms with Gasteiger partial charge < -0.3 is 25.9 Å². The predicted molar refractivity (Wildman–Crippen MR) is 90.1 cm³/mol. The first-order chi connectivity index (χ1) is 11.6. The number of hydrogen-bond donors (Lipinski definition) is 4. The molecule has 0 radical (unpaired) electrons. The van der Waals surface area contributed by atoms with E-state index in [4.69, 9.17) is 10.5 Å². The summed E-state index contributed by atoms with van der Waals surface area (Å²) in [5.41, 5.74) is 7.24. The van der Waals surface area contributed by atoms with E-state index in [9.17, 15) is 9.90 Å². The molecular formula is C14H14N6O3S. The van der Waals surface area contributed by atoms with Gasteiger partial charge in [0.1, 0.15) is 10.5 Å². The summed E-state index contributed by atoms with van der Waals surface area (Å²) in [6.07, 6.45) is 1.49. The van der Waals surface area contributed by atoms with Crippen LogP contribution in [0.4, 0.5) is 11.6 Å².